The first-order valence-electron chi connectivity index (χ1n) is 3.49. The van der Waals surface area contributed by atoms with Crippen LogP contribution in [0.4, 0.5) is 8.78 Å². The SMILES string of the molecule is FC(F)c1cnn2ccccc12. The maximum atomic E-state index is 12.3. The summed E-state index contributed by atoms with van der Waals surface area (Å²) in [7, 11) is 0. The van der Waals surface area contributed by atoms with Gasteiger partial charge in [-0.2, -0.15) is 5.10 Å². The molecule has 0 aromatic carbocycles. The molecule has 0 aliphatic heterocycles. The summed E-state index contributed by atoms with van der Waals surface area (Å²) in [5, 5.41) is 3.78. The van der Waals surface area contributed by atoms with Gasteiger partial charge >= 0.3 is 0 Å². The van der Waals surface area contributed by atoms with Crippen molar-refractivity contribution in [3.8, 4) is 0 Å². The summed E-state index contributed by atoms with van der Waals surface area (Å²) in [6, 6.07) is 5.08. The lowest BCUT2D eigenvalue weighted by Crippen LogP contribution is -1.85. The second-order valence-corrected chi connectivity index (χ2v) is 2.43. The van der Waals surface area contributed by atoms with Crippen molar-refractivity contribution in [1.29, 1.82) is 0 Å². The monoisotopic (exact) mass is 168 g/mol. The molecule has 0 unspecified atom stereocenters. The minimum atomic E-state index is -2.45. The first kappa shape index (κ1) is 7.21. The van der Waals surface area contributed by atoms with Crippen LogP contribution in [0.3, 0.4) is 0 Å². The van der Waals surface area contributed by atoms with Crippen LogP contribution in [0.1, 0.15) is 12.0 Å². The quantitative estimate of drug-likeness (QED) is 0.638. The van der Waals surface area contributed by atoms with Gasteiger partial charge in [-0.25, -0.2) is 13.3 Å². The maximum absolute atomic E-state index is 12.3. The smallest absolute Gasteiger partial charge is 0.240 e. The molecule has 2 heterocycles. The fourth-order valence-electron chi connectivity index (χ4n) is 1.12. The highest BCUT2D eigenvalue weighted by molar-refractivity contribution is 5.53. The third-order valence-corrected chi connectivity index (χ3v) is 1.69. The lowest BCUT2D eigenvalue weighted by Gasteiger charge is -1.94. The van der Waals surface area contributed by atoms with Gasteiger partial charge in [-0.3, -0.25) is 0 Å². The van der Waals surface area contributed by atoms with Crippen molar-refractivity contribution in [3.63, 3.8) is 0 Å². The Bertz CT molecular complexity index is 395. The highest BCUT2D eigenvalue weighted by atomic mass is 19.3. The van der Waals surface area contributed by atoms with E-state index in [1.165, 1.54) is 10.7 Å². The topological polar surface area (TPSA) is 17.3 Å². The van der Waals surface area contributed by atoms with Crippen molar-refractivity contribution in [2.75, 3.05) is 0 Å². The van der Waals surface area contributed by atoms with E-state index in [0.717, 1.165) is 0 Å². The van der Waals surface area contributed by atoms with Crippen LogP contribution < -0.4 is 0 Å². The molecule has 0 fully saturated rings. The van der Waals surface area contributed by atoms with Crippen LogP contribution >= 0.6 is 0 Å². The number of fused-ring (bicyclic) bond motifs is 1. The van der Waals surface area contributed by atoms with Crippen molar-refractivity contribution in [2.24, 2.45) is 0 Å². The average Bonchev–Trinajstić information content (AvgIpc) is 2.47. The van der Waals surface area contributed by atoms with Crippen molar-refractivity contribution in [3.05, 3.63) is 36.2 Å². The van der Waals surface area contributed by atoms with Gasteiger partial charge in [-0.1, -0.05) is 6.07 Å². The molecule has 2 aromatic rings. The zero-order chi connectivity index (χ0) is 8.55. The summed E-state index contributed by atoms with van der Waals surface area (Å²) in [4.78, 5) is 0. The number of hydrogen-bond acceptors (Lipinski definition) is 1. The Hall–Kier alpha value is -1.45. The van der Waals surface area contributed by atoms with E-state index in [1.54, 1.807) is 24.4 Å². The molecular weight excluding hydrogens is 162 g/mol. The number of rotatable bonds is 1. The van der Waals surface area contributed by atoms with Crippen LogP contribution in [0.5, 0.6) is 0 Å². The number of nitrogens with zero attached hydrogens (tertiary/aromatic N) is 2. The highest BCUT2D eigenvalue weighted by Crippen LogP contribution is 2.22. The Morgan fingerprint density at radius 1 is 1.33 bits per heavy atom. The molecule has 0 bridgehead atoms. The first-order valence-corrected chi connectivity index (χ1v) is 3.49. The Labute approximate surface area is 67.4 Å². The first-order chi connectivity index (χ1) is 5.79. The molecule has 0 spiro atoms. The summed E-state index contributed by atoms with van der Waals surface area (Å²) in [6.07, 6.45) is 0.381. The van der Waals surface area contributed by atoms with E-state index in [0.29, 0.717) is 5.52 Å². The van der Waals surface area contributed by atoms with Gasteiger partial charge in [0.05, 0.1) is 17.3 Å². The zero-order valence-corrected chi connectivity index (χ0v) is 6.11. The summed E-state index contributed by atoms with van der Waals surface area (Å²) >= 11 is 0. The fourth-order valence-corrected chi connectivity index (χ4v) is 1.12. The number of hydrogen-bond donors (Lipinski definition) is 0. The number of halogens is 2. The maximum Gasteiger partial charge on any atom is 0.267 e. The van der Waals surface area contributed by atoms with Crippen LogP contribution in [-0.2, 0) is 0 Å². The van der Waals surface area contributed by atoms with Gasteiger partial charge in [-0.05, 0) is 12.1 Å². The molecule has 2 rings (SSSR count). The van der Waals surface area contributed by atoms with Gasteiger partial charge in [0.15, 0.2) is 0 Å². The van der Waals surface area contributed by atoms with Gasteiger partial charge in [0.2, 0.25) is 0 Å². The van der Waals surface area contributed by atoms with E-state index >= 15 is 0 Å². The molecule has 4 heteroatoms. The normalized spacial score (nSPS) is 11.2. The Morgan fingerprint density at radius 3 is 2.92 bits per heavy atom. The minimum Gasteiger partial charge on any atom is -0.240 e. The van der Waals surface area contributed by atoms with Crippen LogP contribution in [0.2, 0.25) is 0 Å². The molecule has 0 amide bonds. The largest absolute Gasteiger partial charge is 0.267 e. The van der Waals surface area contributed by atoms with Crippen molar-refractivity contribution in [1.82, 2.24) is 9.61 Å². The zero-order valence-electron chi connectivity index (χ0n) is 6.11. The van der Waals surface area contributed by atoms with E-state index in [-0.39, 0.29) is 5.56 Å². The third kappa shape index (κ3) is 0.958. The lowest BCUT2D eigenvalue weighted by atomic mass is 10.3. The van der Waals surface area contributed by atoms with E-state index in [9.17, 15) is 8.78 Å². The molecule has 0 atom stereocenters. The number of alkyl halides is 2. The predicted octanol–water partition coefficient (Wildman–Crippen LogP) is 2.27. The average molecular weight is 168 g/mol. The van der Waals surface area contributed by atoms with E-state index in [1.807, 2.05) is 0 Å². The van der Waals surface area contributed by atoms with Gasteiger partial charge in [0.1, 0.15) is 0 Å². The van der Waals surface area contributed by atoms with Gasteiger partial charge in [0, 0.05) is 6.20 Å². The fraction of sp³-hybridized carbons (Fsp3) is 0.125. The molecular formula is C8H6F2N2. The van der Waals surface area contributed by atoms with Crippen molar-refractivity contribution in [2.45, 2.75) is 6.43 Å². The molecule has 0 radical (unpaired) electrons. The Morgan fingerprint density at radius 2 is 2.17 bits per heavy atom. The van der Waals surface area contributed by atoms with Crippen LogP contribution in [-0.4, -0.2) is 9.61 Å². The number of aromatic nitrogens is 2. The molecule has 0 aliphatic carbocycles. The molecule has 2 aromatic heterocycles. The van der Waals surface area contributed by atoms with E-state index in [2.05, 4.69) is 5.10 Å². The highest BCUT2D eigenvalue weighted by Gasteiger charge is 2.12. The second kappa shape index (κ2) is 2.55. The van der Waals surface area contributed by atoms with Crippen LogP contribution in [0, 0.1) is 0 Å². The van der Waals surface area contributed by atoms with Gasteiger partial charge in [0.25, 0.3) is 6.43 Å². The van der Waals surface area contributed by atoms with Crippen LogP contribution in [0.15, 0.2) is 30.6 Å². The standard InChI is InChI=1S/C8H6F2N2/c9-8(10)6-5-11-12-4-2-1-3-7(6)12/h1-5,8H. The molecule has 0 N–H and O–H groups in total. The number of pyridine rings is 1. The van der Waals surface area contributed by atoms with E-state index < -0.39 is 6.43 Å². The third-order valence-electron chi connectivity index (χ3n) is 1.69. The van der Waals surface area contributed by atoms with Crippen molar-refractivity contribution < 1.29 is 8.78 Å². The summed E-state index contributed by atoms with van der Waals surface area (Å²) in [5.74, 6) is 0. The minimum absolute atomic E-state index is 0.0180. The van der Waals surface area contributed by atoms with Crippen LogP contribution in [0.25, 0.3) is 5.52 Å². The predicted molar refractivity (Wildman–Crippen MR) is 40.1 cm³/mol. The summed E-state index contributed by atoms with van der Waals surface area (Å²) < 4.78 is 26.0. The second-order valence-electron chi connectivity index (χ2n) is 2.43. The van der Waals surface area contributed by atoms with E-state index in [4.69, 9.17) is 0 Å². The Kier molecular flexibility index (Phi) is 1.53. The lowest BCUT2D eigenvalue weighted by molar-refractivity contribution is 0.153. The summed E-state index contributed by atoms with van der Waals surface area (Å²) in [6.45, 7) is 0. The molecule has 0 aliphatic rings. The summed E-state index contributed by atoms with van der Waals surface area (Å²) in [5.41, 5.74) is 0.447. The van der Waals surface area contributed by atoms with Gasteiger partial charge < -0.3 is 0 Å². The molecule has 0 saturated heterocycles. The Balaban J connectivity index is 2.70. The molecule has 12 heavy (non-hydrogen) atoms. The molecule has 2 nitrogen and oxygen atoms in total. The molecule has 62 valence electrons. The molecule has 0 saturated carbocycles. The van der Waals surface area contributed by atoms with Crippen molar-refractivity contribution >= 4 is 5.52 Å². The van der Waals surface area contributed by atoms with Gasteiger partial charge in [-0.15, -0.1) is 0 Å².